The van der Waals surface area contributed by atoms with E-state index in [1.807, 2.05) is 6.21 Å². The van der Waals surface area contributed by atoms with Gasteiger partial charge in [0.15, 0.2) is 0 Å². The molecule has 0 saturated heterocycles. The fraction of sp³-hybridized carbons (Fsp3) is 0.553. The molecular weight excluding hydrogens is 671 g/mol. The Kier molecular flexibility index (Phi) is 14.8. The van der Waals surface area contributed by atoms with E-state index in [1.165, 1.54) is 67.2 Å². The lowest BCUT2D eigenvalue weighted by molar-refractivity contribution is 0.232. The number of hydrogen-bond donors (Lipinski definition) is 5. The molecule has 294 valence electrons. The van der Waals surface area contributed by atoms with Crippen molar-refractivity contribution in [2.45, 2.75) is 132 Å². The standard InChI is InChI=1S/C47H67N3O4/c1-9-37-38(10-2)44-24-34-23-31(6)41(32(7)39(34)14-11-16-51)27-45-40(15-12-17-52)33(8)46(50-45)28-48-42-25-36(20-29(3)4)47(54-19-13-18-53)26-35(42)21-30(5)22-43(37)49-44/h22,25-26,28-29,31,49-53H,9-21,23-24,27H2,1-8H3/b30-22+,48-28?. The van der Waals surface area contributed by atoms with Crippen molar-refractivity contribution in [3.8, 4) is 5.75 Å². The molecule has 7 heteroatoms. The number of rotatable bonds is 14. The van der Waals surface area contributed by atoms with E-state index >= 15 is 0 Å². The Labute approximate surface area is 324 Å². The highest BCUT2D eigenvalue weighted by Gasteiger charge is 2.28. The second-order valence-corrected chi connectivity index (χ2v) is 16.2. The SMILES string of the molecule is CCc1c2[nH]c(c1CC)CC1=C(CCCO)C(C)=C(Cc3[nH]c(c(C)c3CCCO)C=Nc3cc(CC(C)C)c(OCCCO)cc3C/C(C)=C/2)C(C)C1. The van der Waals surface area contributed by atoms with E-state index in [0.717, 1.165) is 92.5 Å². The predicted molar refractivity (Wildman–Crippen MR) is 225 cm³/mol. The summed E-state index contributed by atoms with van der Waals surface area (Å²) < 4.78 is 6.33. The molecule has 1 atom stereocenters. The Hall–Kier alpha value is -3.65. The maximum absolute atomic E-state index is 9.96. The summed E-state index contributed by atoms with van der Waals surface area (Å²) in [5.74, 6) is 1.71. The molecule has 4 heterocycles. The van der Waals surface area contributed by atoms with Crippen LogP contribution in [-0.4, -0.2) is 57.9 Å². The zero-order valence-electron chi connectivity index (χ0n) is 34.5. The number of benzene rings is 1. The van der Waals surface area contributed by atoms with E-state index in [2.05, 4.69) is 83.6 Å². The Bertz CT molecular complexity index is 1880. The topological polar surface area (TPSA) is 114 Å². The normalized spacial score (nSPS) is 17.5. The number of fused-ring (bicyclic) bond motifs is 3. The number of aromatic amines is 2. The molecular formula is C47H67N3O4. The number of hydrogen-bond acceptors (Lipinski definition) is 5. The first kappa shape index (κ1) is 41.5. The number of nitrogens with one attached hydrogen (secondary N) is 2. The maximum Gasteiger partial charge on any atom is 0.122 e. The van der Waals surface area contributed by atoms with Gasteiger partial charge in [-0.25, -0.2) is 0 Å². The van der Waals surface area contributed by atoms with Crippen LogP contribution in [0.15, 0.2) is 45.0 Å². The molecule has 6 bridgehead atoms. The molecule has 0 fully saturated rings. The van der Waals surface area contributed by atoms with Gasteiger partial charge in [0.05, 0.1) is 24.2 Å². The average molecular weight is 738 g/mol. The van der Waals surface area contributed by atoms with Gasteiger partial charge in [0.2, 0.25) is 0 Å². The van der Waals surface area contributed by atoms with Crippen molar-refractivity contribution in [3.63, 3.8) is 0 Å². The number of aliphatic hydroxyl groups excluding tert-OH is 3. The first-order chi connectivity index (χ1) is 26.0. The first-order valence-electron chi connectivity index (χ1n) is 20.7. The average Bonchev–Trinajstić information content (AvgIpc) is 3.62. The molecule has 2 aliphatic heterocycles. The third-order valence-corrected chi connectivity index (χ3v) is 11.6. The molecule has 3 aliphatic rings. The zero-order chi connectivity index (χ0) is 38.9. The van der Waals surface area contributed by atoms with Crippen molar-refractivity contribution in [1.82, 2.24) is 9.97 Å². The molecule has 1 aromatic carbocycles. The lowest BCUT2D eigenvalue weighted by Gasteiger charge is -2.30. The number of nitrogens with zero attached hydrogens (tertiary/aromatic N) is 1. The second kappa shape index (κ2) is 19.3. The number of aliphatic hydroxyl groups is 3. The van der Waals surface area contributed by atoms with Crippen LogP contribution in [0.2, 0.25) is 0 Å². The third kappa shape index (κ3) is 9.58. The van der Waals surface area contributed by atoms with Gasteiger partial charge in [-0.3, -0.25) is 4.99 Å². The molecule has 0 amide bonds. The summed E-state index contributed by atoms with van der Waals surface area (Å²) in [6.07, 6.45) is 14.4. The first-order valence-corrected chi connectivity index (χ1v) is 20.7. The number of ether oxygens (including phenoxy) is 1. The highest BCUT2D eigenvalue weighted by molar-refractivity contribution is 5.83. The Morgan fingerprint density at radius 2 is 1.52 bits per heavy atom. The molecule has 3 aromatic rings. The predicted octanol–water partition coefficient (Wildman–Crippen LogP) is 9.58. The summed E-state index contributed by atoms with van der Waals surface area (Å²) in [6.45, 7) is 19.0. The van der Waals surface area contributed by atoms with Gasteiger partial charge in [-0.15, -0.1) is 0 Å². The molecule has 0 radical (unpaired) electrons. The summed E-state index contributed by atoms with van der Waals surface area (Å²) in [4.78, 5) is 13.0. The summed E-state index contributed by atoms with van der Waals surface area (Å²) in [7, 11) is 0. The molecule has 1 unspecified atom stereocenters. The number of H-pyrrole nitrogens is 2. The highest BCUT2D eigenvalue weighted by Crippen LogP contribution is 2.41. The van der Waals surface area contributed by atoms with Crippen molar-refractivity contribution in [1.29, 1.82) is 0 Å². The molecule has 0 spiro atoms. The van der Waals surface area contributed by atoms with Gasteiger partial charge in [0.25, 0.3) is 0 Å². The minimum atomic E-state index is 0.100. The molecule has 5 N–H and O–H groups in total. The van der Waals surface area contributed by atoms with E-state index in [-0.39, 0.29) is 19.8 Å². The number of allylic oxidation sites excluding steroid dienone is 5. The van der Waals surface area contributed by atoms with E-state index in [0.29, 0.717) is 31.3 Å². The van der Waals surface area contributed by atoms with Gasteiger partial charge < -0.3 is 30.0 Å². The molecule has 2 aromatic heterocycles. The van der Waals surface area contributed by atoms with Gasteiger partial charge in [-0.1, -0.05) is 51.3 Å². The summed E-state index contributed by atoms with van der Waals surface area (Å²) >= 11 is 0. The lowest BCUT2D eigenvalue weighted by Crippen LogP contribution is -2.17. The van der Waals surface area contributed by atoms with Gasteiger partial charge in [0.1, 0.15) is 5.75 Å². The summed E-state index contributed by atoms with van der Waals surface area (Å²) in [5, 5.41) is 29.3. The molecule has 6 rings (SSSR count). The smallest absolute Gasteiger partial charge is 0.122 e. The quantitative estimate of drug-likeness (QED) is 0.106. The van der Waals surface area contributed by atoms with Crippen LogP contribution >= 0.6 is 0 Å². The van der Waals surface area contributed by atoms with Crippen LogP contribution in [0.25, 0.3) is 6.08 Å². The van der Waals surface area contributed by atoms with Crippen LogP contribution in [-0.2, 0) is 44.9 Å². The number of aromatic nitrogens is 2. The lowest BCUT2D eigenvalue weighted by atomic mass is 9.75. The Morgan fingerprint density at radius 3 is 2.20 bits per heavy atom. The minimum absolute atomic E-state index is 0.100. The fourth-order valence-corrected chi connectivity index (χ4v) is 8.94. The fourth-order valence-electron chi connectivity index (χ4n) is 8.94. The Morgan fingerprint density at radius 1 is 0.833 bits per heavy atom. The zero-order valence-corrected chi connectivity index (χ0v) is 34.5. The number of aliphatic imine (C=N–C) groups is 1. The maximum atomic E-state index is 9.96. The monoisotopic (exact) mass is 738 g/mol. The molecule has 0 saturated carbocycles. The van der Waals surface area contributed by atoms with Crippen LogP contribution in [0.5, 0.6) is 5.75 Å². The van der Waals surface area contributed by atoms with E-state index in [4.69, 9.17) is 9.73 Å². The van der Waals surface area contributed by atoms with Crippen molar-refractivity contribution in [3.05, 3.63) is 96.2 Å². The van der Waals surface area contributed by atoms with Crippen molar-refractivity contribution in [2.75, 3.05) is 26.4 Å². The van der Waals surface area contributed by atoms with E-state index < -0.39 is 0 Å². The Balaban J connectivity index is 1.76. The van der Waals surface area contributed by atoms with Gasteiger partial charge in [0, 0.05) is 56.2 Å². The largest absolute Gasteiger partial charge is 0.493 e. The second-order valence-electron chi connectivity index (χ2n) is 16.2. The van der Waals surface area contributed by atoms with Crippen LogP contribution in [0.4, 0.5) is 5.69 Å². The molecule has 7 nitrogen and oxygen atoms in total. The van der Waals surface area contributed by atoms with Gasteiger partial charge in [-0.2, -0.15) is 0 Å². The van der Waals surface area contributed by atoms with Crippen molar-refractivity contribution in [2.24, 2.45) is 16.8 Å². The van der Waals surface area contributed by atoms with Crippen molar-refractivity contribution >= 4 is 18.0 Å². The van der Waals surface area contributed by atoms with E-state index in [1.54, 1.807) is 0 Å². The molecule has 1 aliphatic carbocycles. The third-order valence-electron chi connectivity index (χ3n) is 11.6. The minimum Gasteiger partial charge on any atom is -0.493 e. The van der Waals surface area contributed by atoms with Crippen molar-refractivity contribution < 1.29 is 20.1 Å². The van der Waals surface area contributed by atoms with E-state index in [9.17, 15) is 15.3 Å². The van der Waals surface area contributed by atoms with Crippen LogP contribution in [0.1, 0.15) is 137 Å². The summed E-state index contributed by atoms with van der Waals surface area (Å²) in [5.41, 5.74) is 20.3. The molecule has 54 heavy (non-hydrogen) atoms. The highest BCUT2D eigenvalue weighted by atomic mass is 16.5. The van der Waals surface area contributed by atoms with Crippen LogP contribution in [0, 0.1) is 18.8 Å². The van der Waals surface area contributed by atoms with Crippen LogP contribution < -0.4 is 4.74 Å². The van der Waals surface area contributed by atoms with Gasteiger partial charge >= 0.3 is 0 Å². The van der Waals surface area contributed by atoms with Crippen LogP contribution in [0.3, 0.4) is 0 Å². The summed E-state index contributed by atoms with van der Waals surface area (Å²) in [6, 6.07) is 4.41. The van der Waals surface area contributed by atoms with Gasteiger partial charge in [-0.05, 0) is 153 Å².